The number of nitrogens with one attached hydrogen (secondary N) is 1. The minimum absolute atomic E-state index is 0.373. The van der Waals surface area contributed by atoms with Crippen molar-refractivity contribution in [2.75, 3.05) is 6.61 Å². The number of aliphatic hydroxyl groups is 1. The number of hydrogen-bond acceptors (Lipinski definition) is 4. The lowest BCUT2D eigenvalue weighted by Gasteiger charge is -2.31. The van der Waals surface area contributed by atoms with Crippen LogP contribution < -0.4 is 10.1 Å². The Balaban J connectivity index is 1.81. The monoisotopic (exact) mass is 278 g/mol. The van der Waals surface area contributed by atoms with Crippen LogP contribution in [-0.4, -0.2) is 28.3 Å². The summed E-state index contributed by atoms with van der Waals surface area (Å²) in [5.74, 6) is 0.734. The maximum atomic E-state index is 10.4. The first-order chi connectivity index (χ1) is 9.57. The molecule has 112 valence electrons. The third-order valence-corrected chi connectivity index (χ3v) is 3.78. The van der Waals surface area contributed by atoms with Crippen LogP contribution in [-0.2, 0) is 6.54 Å². The lowest BCUT2D eigenvalue weighted by atomic mass is 9.86. The van der Waals surface area contributed by atoms with E-state index in [0.717, 1.165) is 43.7 Å². The van der Waals surface area contributed by atoms with Crippen molar-refractivity contribution >= 4 is 0 Å². The summed E-state index contributed by atoms with van der Waals surface area (Å²) in [6.07, 6.45) is 6.84. The maximum absolute atomic E-state index is 10.4. The first-order valence-electron chi connectivity index (χ1n) is 7.61. The Kier molecular flexibility index (Phi) is 5.38. The van der Waals surface area contributed by atoms with E-state index in [2.05, 4.69) is 24.1 Å². The SMILES string of the molecule is CC(C)NCc1ccc(OCC2(O)CCCCC2)cn1. The molecule has 1 fully saturated rings. The molecule has 1 heterocycles. The van der Waals surface area contributed by atoms with Crippen molar-refractivity contribution in [3.63, 3.8) is 0 Å². The average molecular weight is 278 g/mol. The molecule has 1 aromatic rings. The molecule has 4 nitrogen and oxygen atoms in total. The number of rotatable bonds is 6. The van der Waals surface area contributed by atoms with Gasteiger partial charge in [-0.25, -0.2) is 0 Å². The number of hydrogen-bond donors (Lipinski definition) is 2. The van der Waals surface area contributed by atoms with Crippen LogP contribution in [0, 0.1) is 0 Å². The fourth-order valence-electron chi connectivity index (χ4n) is 2.48. The molecule has 2 rings (SSSR count). The smallest absolute Gasteiger partial charge is 0.137 e. The lowest BCUT2D eigenvalue weighted by Crippen LogP contribution is -2.37. The zero-order valence-corrected chi connectivity index (χ0v) is 12.6. The van der Waals surface area contributed by atoms with Crippen LogP contribution in [0.25, 0.3) is 0 Å². The molecule has 1 aromatic heterocycles. The minimum Gasteiger partial charge on any atom is -0.489 e. The van der Waals surface area contributed by atoms with Gasteiger partial charge in [-0.1, -0.05) is 33.1 Å². The van der Waals surface area contributed by atoms with Gasteiger partial charge in [-0.3, -0.25) is 4.98 Å². The molecule has 20 heavy (non-hydrogen) atoms. The van der Waals surface area contributed by atoms with Crippen LogP contribution in [0.3, 0.4) is 0 Å². The third-order valence-electron chi connectivity index (χ3n) is 3.78. The van der Waals surface area contributed by atoms with Crippen molar-refractivity contribution in [2.24, 2.45) is 0 Å². The number of aromatic nitrogens is 1. The molecule has 1 aliphatic carbocycles. The van der Waals surface area contributed by atoms with Gasteiger partial charge in [0.25, 0.3) is 0 Å². The highest BCUT2D eigenvalue weighted by Crippen LogP contribution is 2.28. The summed E-state index contributed by atoms with van der Waals surface area (Å²) in [6.45, 7) is 5.37. The zero-order valence-electron chi connectivity index (χ0n) is 12.6. The molecule has 0 saturated heterocycles. The van der Waals surface area contributed by atoms with Crippen molar-refractivity contribution in [3.05, 3.63) is 24.0 Å². The van der Waals surface area contributed by atoms with E-state index in [9.17, 15) is 5.11 Å². The van der Waals surface area contributed by atoms with Crippen LogP contribution >= 0.6 is 0 Å². The average Bonchev–Trinajstić information content (AvgIpc) is 2.45. The van der Waals surface area contributed by atoms with Crippen LogP contribution in [0.5, 0.6) is 5.75 Å². The highest BCUT2D eigenvalue weighted by Gasteiger charge is 2.29. The molecule has 2 N–H and O–H groups in total. The van der Waals surface area contributed by atoms with Crippen molar-refractivity contribution in [1.29, 1.82) is 0 Å². The second-order valence-electron chi connectivity index (χ2n) is 6.09. The molecule has 1 saturated carbocycles. The summed E-state index contributed by atoms with van der Waals surface area (Å²) in [5, 5.41) is 13.7. The van der Waals surface area contributed by atoms with E-state index < -0.39 is 5.60 Å². The maximum Gasteiger partial charge on any atom is 0.137 e. The van der Waals surface area contributed by atoms with Gasteiger partial charge in [0.1, 0.15) is 12.4 Å². The van der Waals surface area contributed by atoms with E-state index in [0.29, 0.717) is 12.6 Å². The van der Waals surface area contributed by atoms with E-state index in [1.807, 2.05) is 12.1 Å². The molecule has 0 radical (unpaired) electrons. The quantitative estimate of drug-likeness (QED) is 0.840. The Morgan fingerprint density at radius 3 is 2.65 bits per heavy atom. The van der Waals surface area contributed by atoms with Gasteiger partial charge in [-0.2, -0.15) is 0 Å². The number of ether oxygens (including phenoxy) is 1. The van der Waals surface area contributed by atoms with E-state index in [-0.39, 0.29) is 0 Å². The van der Waals surface area contributed by atoms with E-state index in [4.69, 9.17) is 4.74 Å². The molecular formula is C16H26N2O2. The number of pyridine rings is 1. The van der Waals surface area contributed by atoms with Crippen molar-refractivity contribution in [2.45, 2.75) is 64.1 Å². The normalized spacial score (nSPS) is 18.2. The van der Waals surface area contributed by atoms with Gasteiger partial charge in [0.05, 0.1) is 17.5 Å². The molecule has 0 spiro atoms. The van der Waals surface area contributed by atoms with Gasteiger partial charge in [-0.05, 0) is 25.0 Å². The van der Waals surface area contributed by atoms with Crippen LogP contribution in [0.1, 0.15) is 51.6 Å². The third kappa shape index (κ3) is 4.76. The Labute approximate surface area is 121 Å². The molecule has 0 aromatic carbocycles. The molecular weight excluding hydrogens is 252 g/mol. The van der Waals surface area contributed by atoms with Gasteiger partial charge in [0.2, 0.25) is 0 Å². The van der Waals surface area contributed by atoms with Crippen LogP contribution in [0.2, 0.25) is 0 Å². The largest absolute Gasteiger partial charge is 0.489 e. The molecule has 4 heteroatoms. The first kappa shape index (κ1) is 15.3. The summed E-state index contributed by atoms with van der Waals surface area (Å²) in [7, 11) is 0. The topological polar surface area (TPSA) is 54.4 Å². The highest BCUT2D eigenvalue weighted by atomic mass is 16.5. The molecule has 0 atom stereocenters. The summed E-state index contributed by atoms with van der Waals surface area (Å²) in [4.78, 5) is 4.37. The van der Waals surface area contributed by atoms with E-state index >= 15 is 0 Å². The minimum atomic E-state index is -0.643. The summed E-state index contributed by atoms with van der Waals surface area (Å²) >= 11 is 0. The molecule has 0 aliphatic heterocycles. The van der Waals surface area contributed by atoms with Gasteiger partial charge in [-0.15, -0.1) is 0 Å². The second kappa shape index (κ2) is 7.04. The molecule has 0 unspecified atom stereocenters. The van der Waals surface area contributed by atoms with Gasteiger partial charge in [0.15, 0.2) is 0 Å². The van der Waals surface area contributed by atoms with Crippen molar-refractivity contribution < 1.29 is 9.84 Å². The lowest BCUT2D eigenvalue weighted by molar-refractivity contribution is -0.0339. The Morgan fingerprint density at radius 1 is 1.30 bits per heavy atom. The van der Waals surface area contributed by atoms with Gasteiger partial charge >= 0.3 is 0 Å². The summed E-state index contributed by atoms with van der Waals surface area (Å²) in [5.41, 5.74) is 0.360. The Hall–Kier alpha value is -1.13. The van der Waals surface area contributed by atoms with Gasteiger partial charge in [0, 0.05) is 12.6 Å². The van der Waals surface area contributed by atoms with E-state index in [1.165, 1.54) is 6.42 Å². The van der Waals surface area contributed by atoms with Gasteiger partial charge < -0.3 is 15.2 Å². The number of nitrogens with zero attached hydrogens (tertiary/aromatic N) is 1. The van der Waals surface area contributed by atoms with Crippen molar-refractivity contribution in [1.82, 2.24) is 10.3 Å². The van der Waals surface area contributed by atoms with Crippen molar-refractivity contribution in [3.8, 4) is 5.75 Å². The summed E-state index contributed by atoms with van der Waals surface area (Å²) < 4.78 is 5.70. The zero-order chi connectivity index (χ0) is 14.4. The fourth-order valence-corrected chi connectivity index (χ4v) is 2.48. The standard InChI is InChI=1S/C16H26N2O2/c1-13(2)17-10-14-6-7-15(11-18-14)20-12-16(19)8-4-3-5-9-16/h6-7,11,13,17,19H,3-5,8-10,12H2,1-2H3. The predicted octanol–water partition coefficient (Wildman–Crippen LogP) is 2.65. The van der Waals surface area contributed by atoms with E-state index in [1.54, 1.807) is 6.20 Å². The molecule has 0 amide bonds. The predicted molar refractivity (Wildman–Crippen MR) is 79.7 cm³/mol. The van der Waals surface area contributed by atoms with Crippen LogP contribution in [0.4, 0.5) is 0 Å². The Bertz CT molecular complexity index is 397. The molecule has 0 bridgehead atoms. The first-order valence-corrected chi connectivity index (χ1v) is 7.61. The van der Waals surface area contributed by atoms with Crippen LogP contribution in [0.15, 0.2) is 18.3 Å². The summed E-state index contributed by atoms with van der Waals surface area (Å²) in [6, 6.07) is 4.35. The fraction of sp³-hybridized carbons (Fsp3) is 0.688. The Morgan fingerprint density at radius 2 is 2.05 bits per heavy atom. The second-order valence-corrected chi connectivity index (χ2v) is 6.09. The highest BCUT2D eigenvalue weighted by molar-refractivity contribution is 5.20. The molecule has 1 aliphatic rings.